The summed E-state index contributed by atoms with van der Waals surface area (Å²) in [6, 6.07) is 10.6. The molecule has 0 unspecified atom stereocenters. The fourth-order valence-corrected chi connectivity index (χ4v) is 2.71. The van der Waals surface area contributed by atoms with Gasteiger partial charge in [0.25, 0.3) is 11.8 Å². The number of amides is 2. The fraction of sp³-hybridized carbons (Fsp3) is 0.350. The van der Waals surface area contributed by atoms with E-state index in [4.69, 9.17) is 11.6 Å². The largest absolute Gasteiger partial charge is 0.352 e. The second kappa shape index (κ2) is 10.6. The van der Waals surface area contributed by atoms with Crippen molar-refractivity contribution in [2.45, 2.75) is 12.8 Å². The number of aromatic nitrogens is 1. The summed E-state index contributed by atoms with van der Waals surface area (Å²) in [5.74, 6) is -0.511. The molecule has 2 amide bonds. The summed E-state index contributed by atoms with van der Waals surface area (Å²) in [6.45, 7) is 1.94. The number of carbonyl (C=O) groups excluding carboxylic acids is 2. The van der Waals surface area contributed by atoms with Gasteiger partial charge in [-0.2, -0.15) is 0 Å². The fourth-order valence-electron chi connectivity index (χ4n) is 2.50. The van der Waals surface area contributed by atoms with Crippen molar-refractivity contribution in [1.82, 2.24) is 20.5 Å². The molecule has 0 aliphatic rings. The van der Waals surface area contributed by atoms with Gasteiger partial charge in [-0.05, 0) is 63.3 Å². The maximum atomic E-state index is 12.3. The highest BCUT2D eigenvalue weighted by Crippen LogP contribution is 2.10. The number of benzene rings is 1. The van der Waals surface area contributed by atoms with Gasteiger partial charge in [0, 0.05) is 29.9 Å². The summed E-state index contributed by atoms with van der Waals surface area (Å²) in [7, 11) is 3.97. The maximum Gasteiger partial charge on any atom is 0.269 e. The molecule has 0 saturated carbocycles. The van der Waals surface area contributed by atoms with Gasteiger partial charge in [-0.3, -0.25) is 14.6 Å². The first-order valence-corrected chi connectivity index (χ1v) is 9.25. The number of nitrogens with zero attached hydrogens (tertiary/aromatic N) is 2. The lowest BCUT2D eigenvalue weighted by Gasteiger charge is -2.10. The lowest BCUT2D eigenvalue weighted by atomic mass is 10.1. The molecule has 0 saturated heterocycles. The van der Waals surface area contributed by atoms with Crippen LogP contribution < -0.4 is 10.6 Å². The highest BCUT2D eigenvalue weighted by atomic mass is 35.5. The van der Waals surface area contributed by atoms with E-state index in [0.29, 0.717) is 30.1 Å². The Hall–Kier alpha value is -2.44. The number of hydrogen-bond acceptors (Lipinski definition) is 4. The van der Waals surface area contributed by atoms with Crippen molar-refractivity contribution in [3.05, 3.63) is 64.4 Å². The van der Waals surface area contributed by atoms with Gasteiger partial charge in [0.1, 0.15) is 5.69 Å². The van der Waals surface area contributed by atoms with Crippen LogP contribution in [0.2, 0.25) is 5.02 Å². The van der Waals surface area contributed by atoms with Crippen molar-refractivity contribution in [2.24, 2.45) is 0 Å². The minimum absolute atomic E-state index is 0.235. The van der Waals surface area contributed by atoms with E-state index < -0.39 is 0 Å². The summed E-state index contributed by atoms with van der Waals surface area (Å²) >= 11 is 5.96. The van der Waals surface area contributed by atoms with Crippen molar-refractivity contribution < 1.29 is 9.59 Å². The molecule has 0 radical (unpaired) electrons. The number of rotatable bonds is 9. The number of nitrogens with one attached hydrogen (secondary N) is 2. The third kappa shape index (κ3) is 7.37. The van der Waals surface area contributed by atoms with Crippen LogP contribution in [0.15, 0.2) is 42.6 Å². The number of hydrogen-bond donors (Lipinski definition) is 2. The Morgan fingerprint density at radius 1 is 1.07 bits per heavy atom. The first kappa shape index (κ1) is 20.9. The van der Waals surface area contributed by atoms with Gasteiger partial charge in [0.15, 0.2) is 0 Å². The Morgan fingerprint density at radius 2 is 1.85 bits per heavy atom. The molecular weight excluding hydrogens is 364 g/mol. The van der Waals surface area contributed by atoms with Crippen LogP contribution in [-0.4, -0.2) is 55.4 Å². The van der Waals surface area contributed by atoms with Crippen LogP contribution in [-0.2, 0) is 6.42 Å². The summed E-state index contributed by atoms with van der Waals surface area (Å²) in [5.41, 5.74) is 1.70. The van der Waals surface area contributed by atoms with Gasteiger partial charge < -0.3 is 15.5 Å². The molecule has 2 N–H and O–H groups in total. The summed E-state index contributed by atoms with van der Waals surface area (Å²) < 4.78 is 0. The van der Waals surface area contributed by atoms with Crippen molar-refractivity contribution in [2.75, 3.05) is 33.7 Å². The van der Waals surface area contributed by atoms with Crippen molar-refractivity contribution in [3.8, 4) is 0 Å². The lowest BCUT2D eigenvalue weighted by Crippen LogP contribution is -2.29. The van der Waals surface area contributed by atoms with E-state index in [0.717, 1.165) is 18.5 Å². The van der Waals surface area contributed by atoms with Crippen molar-refractivity contribution in [3.63, 3.8) is 0 Å². The average molecular weight is 389 g/mol. The van der Waals surface area contributed by atoms with Crippen LogP contribution in [0.4, 0.5) is 0 Å². The second-order valence-electron chi connectivity index (χ2n) is 6.48. The standard InChI is InChI=1S/C20H25ClN4O2/c1-25(2)12-4-9-23-20(27)18-14-16(8-11-22-18)19(26)24-10-7-15-5-3-6-17(21)13-15/h3,5-6,8,11,13-14H,4,7,9-10,12H2,1-2H3,(H,23,27)(H,24,26). The van der Waals surface area contributed by atoms with Crippen LogP contribution in [0.3, 0.4) is 0 Å². The molecule has 6 nitrogen and oxygen atoms in total. The summed E-state index contributed by atoms with van der Waals surface area (Å²) in [4.78, 5) is 30.6. The minimum Gasteiger partial charge on any atom is -0.352 e. The minimum atomic E-state index is -0.276. The summed E-state index contributed by atoms with van der Waals surface area (Å²) in [5, 5.41) is 6.34. The number of halogens is 1. The Labute approximate surface area is 164 Å². The van der Waals surface area contributed by atoms with Gasteiger partial charge in [-0.15, -0.1) is 0 Å². The van der Waals surface area contributed by atoms with E-state index in [9.17, 15) is 9.59 Å². The summed E-state index contributed by atoms with van der Waals surface area (Å²) in [6.07, 6.45) is 3.00. The van der Waals surface area contributed by atoms with Crippen LogP contribution >= 0.6 is 11.6 Å². The predicted molar refractivity (Wildman–Crippen MR) is 107 cm³/mol. The Morgan fingerprint density at radius 3 is 2.59 bits per heavy atom. The van der Waals surface area contributed by atoms with Gasteiger partial charge in [-0.25, -0.2) is 0 Å². The Kier molecular flexibility index (Phi) is 8.23. The molecule has 1 aromatic heterocycles. The molecule has 1 aromatic carbocycles. The molecule has 0 fully saturated rings. The van der Waals surface area contributed by atoms with E-state index in [2.05, 4.69) is 20.5 Å². The van der Waals surface area contributed by atoms with E-state index in [-0.39, 0.29) is 17.5 Å². The molecular formula is C20H25ClN4O2. The zero-order valence-corrected chi connectivity index (χ0v) is 16.4. The third-order valence-electron chi connectivity index (χ3n) is 3.91. The molecule has 144 valence electrons. The van der Waals surface area contributed by atoms with E-state index >= 15 is 0 Å². The smallest absolute Gasteiger partial charge is 0.269 e. The zero-order chi connectivity index (χ0) is 19.6. The first-order chi connectivity index (χ1) is 13.0. The van der Waals surface area contributed by atoms with Gasteiger partial charge in [-0.1, -0.05) is 23.7 Å². The maximum absolute atomic E-state index is 12.3. The van der Waals surface area contributed by atoms with E-state index in [1.165, 1.54) is 12.3 Å². The monoisotopic (exact) mass is 388 g/mol. The topological polar surface area (TPSA) is 74.3 Å². The van der Waals surface area contributed by atoms with E-state index in [1.807, 2.05) is 38.4 Å². The SMILES string of the molecule is CN(C)CCCNC(=O)c1cc(C(=O)NCCc2cccc(Cl)c2)ccn1. The average Bonchev–Trinajstić information content (AvgIpc) is 2.65. The molecule has 0 aliphatic carbocycles. The highest BCUT2D eigenvalue weighted by Gasteiger charge is 2.11. The molecule has 2 rings (SSSR count). The zero-order valence-electron chi connectivity index (χ0n) is 15.7. The molecule has 0 spiro atoms. The molecule has 7 heteroatoms. The lowest BCUT2D eigenvalue weighted by molar-refractivity contribution is 0.0947. The predicted octanol–water partition coefficient (Wildman–Crippen LogP) is 2.39. The Bertz CT molecular complexity index is 780. The van der Waals surface area contributed by atoms with Gasteiger partial charge in [0.2, 0.25) is 0 Å². The molecule has 0 atom stereocenters. The van der Waals surface area contributed by atoms with Crippen LogP contribution in [0.25, 0.3) is 0 Å². The van der Waals surface area contributed by atoms with Crippen molar-refractivity contribution >= 4 is 23.4 Å². The quantitative estimate of drug-likeness (QED) is 0.647. The van der Waals surface area contributed by atoms with Gasteiger partial charge >= 0.3 is 0 Å². The normalized spacial score (nSPS) is 10.7. The van der Waals surface area contributed by atoms with Crippen LogP contribution in [0.5, 0.6) is 0 Å². The first-order valence-electron chi connectivity index (χ1n) is 8.87. The van der Waals surface area contributed by atoms with E-state index in [1.54, 1.807) is 6.07 Å². The van der Waals surface area contributed by atoms with Crippen LogP contribution in [0.1, 0.15) is 32.8 Å². The molecule has 27 heavy (non-hydrogen) atoms. The van der Waals surface area contributed by atoms with Gasteiger partial charge in [0.05, 0.1) is 0 Å². The molecule has 1 heterocycles. The number of pyridine rings is 1. The third-order valence-corrected chi connectivity index (χ3v) is 4.15. The molecule has 0 bridgehead atoms. The Balaban J connectivity index is 1.84. The second-order valence-corrected chi connectivity index (χ2v) is 6.91. The molecule has 0 aliphatic heterocycles. The number of carbonyl (C=O) groups is 2. The molecule has 2 aromatic rings. The van der Waals surface area contributed by atoms with Crippen LogP contribution in [0, 0.1) is 0 Å². The van der Waals surface area contributed by atoms with Crippen molar-refractivity contribution in [1.29, 1.82) is 0 Å². The highest BCUT2D eigenvalue weighted by molar-refractivity contribution is 6.30.